The van der Waals surface area contributed by atoms with Crippen molar-refractivity contribution in [1.29, 1.82) is 0 Å². The van der Waals surface area contributed by atoms with E-state index >= 15 is 0 Å². The van der Waals surface area contributed by atoms with Crippen LogP contribution in [0.5, 0.6) is 0 Å². The van der Waals surface area contributed by atoms with Gasteiger partial charge in [-0.1, -0.05) is 0 Å². The lowest BCUT2D eigenvalue weighted by Crippen LogP contribution is -2.50. The highest BCUT2D eigenvalue weighted by atomic mass is 32.2. The third-order valence-electron chi connectivity index (χ3n) is 4.28. The number of halogens is 1. The Hall–Kier alpha value is -3.28. The van der Waals surface area contributed by atoms with Crippen LogP contribution in [0.3, 0.4) is 0 Å². The lowest BCUT2D eigenvalue weighted by atomic mass is 9.93. The van der Waals surface area contributed by atoms with Crippen LogP contribution in [0.15, 0.2) is 40.1 Å². The van der Waals surface area contributed by atoms with Crippen molar-refractivity contribution in [2.75, 3.05) is 18.1 Å². The molecule has 3 rings (SSSR count). The molecule has 0 aliphatic carbocycles. The summed E-state index contributed by atoms with van der Waals surface area (Å²) in [6.07, 6.45) is 0. The first-order valence-corrected chi connectivity index (χ1v) is 9.62. The zero-order valence-corrected chi connectivity index (χ0v) is 15.7. The zero-order valence-electron chi connectivity index (χ0n) is 14.9. The van der Waals surface area contributed by atoms with Crippen molar-refractivity contribution in [3.8, 4) is 0 Å². The Bertz CT molecular complexity index is 1130. The Labute approximate surface area is 159 Å². The minimum Gasteiger partial charge on any atom is -0.369 e. The summed E-state index contributed by atoms with van der Waals surface area (Å²) in [4.78, 5) is 27.4. The topological polar surface area (TPSA) is 151 Å². The predicted molar refractivity (Wildman–Crippen MR) is 99.7 cm³/mol. The van der Waals surface area contributed by atoms with Gasteiger partial charge in [0.2, 0.25) is 16.0 Å². The fraction of sp³-hybridized carbons (Fsp3) is 0.250. The molecular formula is C16H17FN6O4S. The lowest BCUT2D eigenvalue weighted by molar-refractivity contribution is 0.102. The van der Waals surface area contributed by atoms with Crippen molar-refractivity contribution >= 4 is 27.6 Å². The summed E-state index contributed by atoms with van der Waals surface area (Å²) in [6, 6.07) is 6.06. The van der Waals surface area contributed by atoms with Gasteiger partial charge in [0.15, 0.2) is 0 Å². The van der Waals surface area contributed by atoms with Crippen molar-refractivity contribution in [3.05, 3.63) is 57.8 Å². The van der Waals surface area contributed by atoms with Gasteiger partial charge < -0.3 is 11.1 Å². The van der Waals surface area contributed by atoms with E-state index in [2.05, 4.69) is 20.5 Å². The number of H-pyrrole nitrogens is 1. The molecule has 1 amide bonds. The number of aromatic nitrogens is 2. The van der Waals surface area contributed by atoms with Gasteiger partial charge in [0.25, 0.3) is 11.5 Å². The van der Waals surface area contributed by atoms with E-state index in [9.17, 15) is 22.4 Å². The molecule has 0 spiro atoms. The fourth-order valence-corrected chi connectivity index (χ4v) is 4.22. The quantitative estimate of drug-likeness (QED) is 0.649. The summed E-state index contributed by atoms with van der Waals surface area (Å²) in [7, 11) is -2.52. The second kappa shape index (κ2) is 6.71. The van der Waals surface area contributed by atoms with Crippen LogP contribution in [0.2, 0.25) is 0 Å². The Morgan fingerprint density at radius 3 is 2.68 bits per heavy atom. The molecule has 0 saturated carbocycles. The van der Waals surface area contributed by atoms with Gasteiger partial charge in [-0.2, -0.15) is 5.10 Å². The number of carbonyl (C=O) groups excluding carboxylic acids is 1. The number of nitrogens with two attached hydrogens (primary N) is 1. The minimum absolute atomic E-state index is 0.0423. The maximum absolute atomic E-state index is 14.5. The molecule has 0 bridgehead atoms. The minimum atomic E-state index is -3.79. The Balaban J connectivity index is 1.97. The fourth-order valence-electron chi connectivity index (χ4n) is 2.77. The van der Waals surface area contributed by atoms with Gasteiger partial charge in [-0.3, -0.25) is 9.59 Å². The molecule has 0 unspecified atom stereocenters. The third kappa shape index (κ3) is 3.58. The molecule has 0 radical (unpaired) electrons. The number of amides is 1. The average molecular weight is 408 g/mol. The molecule has 28 heavy (non-hydrogen) atoms. The van der Waals surface area contributed by atoms with Crippen LogP contribution in [0.25, 0.3) is 0 Å². The highest BCUT2D eigenvalue weighted by Gasteiger charge is 2.41. The molecule has 1 aromatic heterocycles. The largest absolute Gasteiger partial charge is 0.369 e. The molecule has 1 aromatic carbocycles. The van der Waals surface area contributed by atoms with Crippen LogP contribution >= 0.6 is 0 Å². The van der Waals surface area contributed by atoms with Crippen LogP contribution in [0, 0.1) is 5.82 Å². The van der Waals surface area contributed by atoms with Crippen LogP contribution in [0.1, 0.15) is 23.0 Å². The number of carbonyl (C=O) groups is 1. The summed E-state index contributed by atoms with van der Waals surface area (Å²) in [6.45, 7) is 1.44. The summed E-state index contributed by atoms with van der Waals surface area (Å²) < 4.78 is 39.9. The monoisotopic (exact) mass is 408 g/mol. The number of rotatable bonds is 3. The van der Waals surface area contributed by atoms with Gasteiger partial charge in [0.1, 0.15) is 17.1 Å². The van der Waals surface area contributed by atoms with E-state index in [4.69, 9.17) is 5.73 Å². The number of anilines is 1. The van der Waals surface area contributed by atoms with Crippen LogP contribution in [0.4, 0.5) is 10.1 Å². The highest BCUT2D eigenvalue weighted by molar-refractivity contribution is 7.89. The first-order valence-electron chi connectivity index (χ1n) is 8.01. The Morgan fingerprint density at radius 2 is 2.07 bits per heavy atom. The van der Waals surface area contributed by atoms with Crippen LogP contribution in [-0.2, 0) is 15.6 Å². The first kappa shape index (κ1) is 19.5. The van der Waals surface area contributed by atoms with Crippen molar-refractivity contribution in [2.24, 2.45) is 10.7 Å². The lowest BCUT2D eigenvalue weighted by Gasteiger charge is -2.34. The van der Waals surface area contributed by atoms with E-state index in [1.54, 1.807) is 0 Å². The number of aromatic amines is 1. The van der Waals surface area contributed by atoms with E-state index in [0.29, 0.717) is 0 Å². The zero-order chi connectivity index (χ0) is 20.7. The maximum Gasteiger partial charge on any atom is 0.276 e. The number of aliphatic imine (C=N–C) groups is 1. The van der Waals surface area contributed by atoms with Gasteiger partial charge in [0.05, 0.1) is 5.75 Å². The maximum atomic E-state index is 14.5. The first-order chi connectivity index (χ1) is 13.0. The van der Waals surface area contributed by atoms with Gasteiger partial charge >= 0.3 is 0 Å². The molecular weight excluding hydrogens is 391 g/mol. The van der Waals surface area contributed by atoms with Crippen LogP contribution in [-0.4, -0.2) is 47.6 Å². The average Bonchev–Trinajstić information content (AvgIpc) is 2.61. The molecule has 10 nitrogen and oxygen atoms in total. The number of nitrogens with zero attached hydrogens (tertiary/aromatic N) is 3. The number of sulfonamides is 1. The molecule has 148 valence electrons. The summed E-state index contributed by atoms with van der Waals surface area (Å²) in [5.41, 5.74) is 3.85. The van der Waals surface area contributed by atoms with Gasteiger partial charge in [-0.05, 0) is 31.2 Å². The van der Waals surface area contributed by atoms with Gasteiger partial charge in [-0.25, -0.2) is 27.2 Å². The summed E-state index contributed by atoms with van der Waals surface area (Å²) in [5, 5.41) is 8.25. The predicted octanol–water partition coefficient (Wildman–Crippen LogP) is -0.0336. The van der Waals surface area contributed by atoms with E-state index in [1.807, 2.05) is 0 Å². The Morgan fingerprint density at radius 1 is 1.36 bits per heavy atom. The highest BCUT2D eigenvalue weighted by Crippen LogP contribution is 2.34. The summed E-state index contributed by atoms with van der Waals surface area (Å²) >= 11 is 0. The van der Waals surface area contributed by atoms with E-state index in [0.717, 1.165) is 16.4 Å². The molecule has 4 N–H and O–H groups in total. The summed E-state index contributed by atoms with van der Waals surface area (Å²) in [5.74, 6) is -2.09. The number of nitrogens with one attached hydrogen (secondary N) is 2. The van der Waals surface area contributed by atoms with Crippen molar-refractivity contribution in [3.63, 3.8) is 0 Å². The van der Waals surface area contributed by atoms with Crippen molar-refractivity contribution in [1.82, 2.24) is 14.5 Å². The van der Waals surface area contributed by atoms with Gasteiger partial charge in [0, 0.05) is 24.4 Å². The molecule has 0 saturated heterocycles. The van der Waals surface area contributed by atoms with Gasteiger partial charge in [-0.15, -0.1) is 0 Å². The SMILES string of the molecule is CN1C(N)=N[C@](C)(c2cc(NC(=O)c3ccc(=O)[nH]n3)ccc2F)CS1(=O)=O. The van der Waals surface area contributed by atoms with E-state index in [1.165, 1.54) is 32.2 Å². The molecule has 1 aliphatic rings. The second-order valence-electron chi connectivity index (χ2n) is 6.42. The van der Waals surface area contributed by atoms with E-state index in [-0.39, 0.29) is 22.9 Å². The standard InChI is InChI=1S/C16H17FN6O4S/c1-16(8-28(26,27)23(2)15(18)20-16)10-7-9(3-4-11(10)17)19-14(25)12-5-6-13(24)22-21-12/h3-7H,8H2,1-2H3,(H2,18,20)(H,19,25)(H,22,24)/t16-/m0/s1. The molecule has 0 fully saturated rings. The Kier molecular flexibility index (Phi) is 4.67. The third-order valence-corrected chi connectivity index (χ3v) is 6.23. The number of hydrogen-bond acceptors (Lipinski definition) is 7. The normalized spacial score (nSPS) is 21.1. The molecule has 1 atom stereocenters. The number of hydrogen-bond donors (Lipinski definition) is 3. The molecule has 2 heterocycles. The van der Waals surface area contributed by atoms with Crippen molar-refractivity contribution in [2.45, 2.75) is 12.5 Å². The molecule has 12 heteroatoms. The van der Waals surface area contributed by atoms with Crippen LogP contribution < -0.4 is 16.6 Å². The molecule has 2 aromatic rings. The van der Waals surface area contributed by atoms with E-state index < -0.39 is 38.6 Å². The van der Waals surface area contributed by atoms with Crippen molar-refractivity contribution < 1.29 is 17.6 Å². The smallest absolute Gasteiger partial charge is 0.276 e. The second-order valence-corrected chi connectivity index (χ2v) is 8.42. The molecule has 1 aliphatic heterocycles. The number of benzene rings is 1. The number of guanidine groups is 1.